The minimum Gasteiger partial charge on any atom is -0.302 e. The van der Waals surface area contributed by atoms with Crippen molar-refractivity contribution >= 4 is 0 Å². The molecule has 0 aliphatic rings. The van der Waals surface area contributed by atoms with Gasteiger partial charge in [0, 0.05) is 17.7 Å². The van der Waals surface area contributed by atoms with E-state index in [0.29, 0.717) is 5.69 Å². The Bertz CT molecular complexity index is 584. The average molecular weight is 216 g/mol. The highest BCUT2D eigenvalue weighted by molar-refractivity contribution is 5.26. The molecule has 82 valence electrons. The van der Waals surface area contributed by atoms with E-state index in [0.717, 1.165) is 5.56 Å². The molecule has 2 N–H and O–H groups in total. The summed E-state index contributed by atoms with van der Waals surface area (Å²) in [4.78, 5) is 22.1. The molecule has 1 atom stereocenters. The van der Waals surface area contributed by atoms with Crippen LogP contribution in [0.15, 0.2) is 46.0 Å². The van der Waals surface area contributed by atoms with Crippen molar-refractivity contribution in [3.63, 3.8) is 0 Å². The monoisotopic (exact) mass is 216 g/mol. The van der Waals surface area contributed by atoms with Crippen LogP contribution >= 0.6 is 0 Å². The maximum absolute atomic E-state index is 11.2. The molecule has 0 saturated carbocycles. The van der Waals surface area contributed by atoms with E-state index in [9.17, 15) is 9.59 Å². The highest BCUT2D eigenvalue weighted by Crippen LogP contribution is 2.19. The molecule has 4 heteroatoms. The standard InChI is InChI=1S/C12H12N2O2/c1-8(9-5-3-2-4-6-9)10-7-11(15)12(16)14-13-10/h2-8H,1H3,(H,13,15)(H,14,16)/t8-/m1/s1. The predicted octanol–water partition coefficient (Wildman–Crippen LogP) is 1.21. The molecule has 1 aromatic carbocycles. The fraction of sp³-hybridized carbons (Fsp3) is 0.167. The first kappa shape index (κ1) is 10.4. The zero-order chi connectivity index (χ0) is 11.5. The van der Waals surface area contributed by atoms with Crippen LogP contribution in [-0.4, -0.2) is 10.2 Å². The Hall–Kier alpha value is -2.10. The van der Waals surface area contributed by atoms with Gasteiger partial charge < -0.3 is 5.10 Å². The lowest BCUT2D eigenvalue weighted by Gasteiger charge is -2.10. The van der Waals surface area contributed by atoms with Crippen LogP contribution in [0.4, 0.5) is 0 Å². The number of aromatic nitrogens is 2. The second-order valence-corrected chi connectivity index (χ2v) is 3.68. The SMILES string of the molecule is C[C@H](c1ccccc1)c1cc(=O)c(=O)[nH][nH]1. The maximum atomic E-state index is 11.2. The summed E-state index contributed by atoms with van der Waals surface area (Å²) in [6.07, 6.45) is 0. The van der Waals surface area contributed by atoms with Crippen molar-refractivity contribution in [1.29, 1.82) is 0 Å². The van der Waals surface area contributed by atoms with Gasteiger partial charge in [-0.25, -0.2) is 0 Å². The second-order valence-electron chi connectivity index (χ2n) is 3.68. The number of nitrogens with one attached hydrogen (secondary N) is 2. The van der Waals surface area contributed by atoms with Gasteiger partial charge in [-0.2, -0.15) is 0 Å². The van der Waals surface area contributed by atoms with Gasteiger partial charge in [-0.15, -0.1) is 0 Å². The van der Waals surface area contributed by atoms with Crippen LogP contribution in [0.25, 0.3) is 0 Å². The Kier molecular flexibility index (Phi) is 2.72. The van der Waals surface area contributed by atoms with Crippen molar-refractivity contribution in [3.05, 3.63) is 68.2 Å². The Morgan fingerprint density at radius 1 is 1.06 bits per heavy atom. The first-order valence-electron chi connectivity index (χ1n) is 5.05. The van der Waals surface area contributed by atoms with E-state index >= 15 is 0 Å². The summed E-state index contributed by atoms with van der Waals surface area (Å²) in [5.41, 5.74) is 0.654. The average Bonchev–Trinajstić information content (AvgIpc) is 2.33. The summed E-state index contributed by atoms with van der Waals surface area (Å²) in [6, 6.07) is 11.1. The van der Waals surface area contributed by atoms with Crippen molar-refractivity contribution in [2.45, 2.75) is 12.8 Å². The molecule has 0 unspecified atom stereocenters. The van der Waals surface area contributed by atoms with E-state index in [1.54, 1.807) is 0 Å². The normalized spacial score (nSPS) is 12.3. The molecule has 0 saturated heterocycles. The lowest BCUT2D eigenvalue weighted by atomic mass is 9.98. The van der Waals surface area contributed by atoms with Crippen LogP contribution < -0.4 is 11.0 Å². The number of benzene rings is 1. The number of rotatable bonds is 2. The number of aromatic amines is 2. The van der Waals surface area contributed by atoms with Gasteiger partial charge in [0.25, 0.3) is 0 Å². The molecule has 0 radical (unpaired) electrons. The predicted molar refractivity (Wildman–Crippen MR) is 61.6 cm³/mol. The van der Waals surface area contributed by atoms with Crippen LogP contribution in [0.3, 0.4) is 0 Å². The Morgan fingerprint density at radius 2 is 1.75 bits per heavy atom. The van der Waals surface area contributed by atoms with Gasteiger partial charge in [0.05, 0.1) is 0 Å². The van der Waals surface area contributed by atoms with Gasteiger partial charge >= 0.3 is 5.56 Å². The van der Waals surface area contributed by atoms with Gasteiger partial charge in [-0.1, -0.05) is 37.3 Å². The molecule has 0 fully saturated rings. The van der Waals surface area contributed by atoms with E-state index in [1.807, 2.05) is 37.3 Å². The third kappa shape index (κ3) is 1.95. The summed E-state index contributed by atoms with van der Waals surface area (Å²) >= 11 is 0. The first-order chi connectivity index (χ1) is 7.68. The van der Waals surface area contributed by atoms with E-state index in [2.05, 4.69) is 10.2 Å². The van der Waals surface area contributed by atoms with E-state index in [1.165, 1.54) is 6.07 Å². The van der Waals surface area contributed by atoms with Crippen LogP contribution in [0, 0.1) is 0 Å². The molecule has 0 spiro atoms. The van der Waals surface area contributed by atoms with Gasteiger partial charge in [0.15, 0.2) is 0 Å². The Labute approximate surface area is 91.9 Å². The molecular formula is C12H12N2O2. The lowest BCUT2D eigenvalue weighted by molar-refractivity contribution is 0.805. The molecule has 1 aromatic heterocycles. The second kappa shape index (κ2) is 4.18. The smallest absolute Gasteiger partial charge is 0.302 e. The third-order valence-electron chi connectivity index (χ3n) is 2.60. The van der Waals surface area contributed by atoms with Gasteiger partial charge in [-0.05, 0) is 5.56 Å². The van der Waals surface area contributed by atoms with Crippen molar-refractivity contribution in [1.82, 2.24) is 10.2 Å². The summed E-state index contributed by atoms with van der Waals surface area (Å²) in [5.74, 6) is 0.0470. The van der Waals surface area contributed by atoms with Crippen molar-refractivity contribution in [2.75, 3.05) is 0 Å². The third-order valence-corrected chi connectivity index (χ3v) is 2.60. The van der Waals surface area contributed by atoms with Gasteiger partial charge in [-0.3, -0.25) is 14.7 Å². The Balaban J connectivity index is 2.42. The van der Waals surface area contributed by atoms with Crippen molar-refractivity contribution in [3.8, 4) is 0 Å². The van der Waals surface area contributed by atoms with E-state index < -0.39 is 11.0 Å². The summed E-state index contributed by atoms with van der Waals surface area (Å²) in [5, 5.41) is 5.06. The minimum absolute atomic E-state index is 0.0470. The molecule has 0 aliphatic carbocycles. The lowest BCUT2D eigenvalue weighted by Crippen LogP contribution is -2.28. The molecule has 0 bridgehead atoms. The van der Waals surface area contributed by atoms with E-state index in [4.69, 9.17) is 0 Å². The zero-order valence-electron chi connectivity index (χ0n) is 8.86. The van der Waals surface area contributed by atoms with Gasteiger partial charge in [0.1, 0.15) is 0 Å². The van der Waals surface area contributed by atoms with Crippen molar-refractivity contribution in [2.24, 2.45) is 0 Å². The van der Waals surface area contributed by atoms with Crippen molar-refractivity contribution < 1.29 is 0 Å². The highest BCUT2D eigenvalue weighted by Gasteiger charge is 2.09. The quantitative estimate of drug-likeness (QED) is 0.741. The zero-order valence-corrected chi connectivity index (χ0v) is 8.86. The van der Waals surface area contributed by atoms with Gasteiger partial charge in [0.2, 0.25) is 5.43 Å². The molecule has 2 aromatic rings. The summed E-state index contributed by atoms with van der Waals surface area (Å²) < 4.78 is 0. The molecule has 1 heterocycles. The summed E-state index contributed by atoms with van der Waals surface area (Å²) in [7, 11) is 0. The largest absolute Gasteiger partial charge is 0.310 e. The fourth-order valence-electron chi connectivity index (χ4n) is 1.59. The van der Waals surface area contributed by atoms with Crippen LogP contribution in [0.1, 0.15) is 24.1 Å². The number of H-pyrrole nitrogens is 2. The molecule has 16 heavy (non-hydrogen) atoms. The number of hydrogen-bond donors (Lipinski definition) is 2. The molecule has 0 aliphatic heterocycles. The molecule has 4 nitrogen and oxygen atoms in total. The molecular weight excluding hydrogens is 204 g/mol. The molecule has 2 rings (SSSR count). The maximum Gasteiger partial charge on any atom is 0.310 e. The van der Waals surface area contributed by atoms with Crippen LogP contribution in [0.2, 0.25) is 0 Å². The van der Waals surface area contributed by atoms with Crippen LogP contribution in [0.5, 0.6) is 0 Å². The highest BCUT2D eigenvalue weighted by atomic mass is 16.2. The molecule has 0 amide bonds. The van der Waals surface area contributed by atoms with E-state index in [-0.39, 0.29) is 5.92 Å². The Morgan fingerprint density at radius 3 is 2.38 bits per heavy atom. The topological polar surface area (TPSA) is 65.7 Å². The summed E-state index contributed by atoms with van der Waals surface area (Å²) in [6.45, 7) is 1.97. The fourth-order valence-corrected chi connectivity index (χ4v) is 1.59. The first-order valence-corrected chi connectivity index (χ1v) is 5.05. The van der Waals surface area contributed by atoms with Crippen LogP contribution in [-0.2, 0) is 0 Å². The minimum atomic E-state index is -0.621. The number of hydrogen-bond acceptors (Lipinski definition) is 2.